The molecule has 104 valence electrons. The van der Waals surface area contributed by atoms with Gasteiger partial charge in [-0.25, -0.2) is 0 Å². The monoisotopic (exact) mass is 263 g/mol. The molecule has 1 aliphatic rings. The van der Waals surface area contributed by atoms with Crippen LogP contribution in [0, 0.1) is 12.3 Å². The van der Waals surface area contributed by atoms with Crippen LogP contribution < -0.4 is 10.6 Å². The van der Waals surface area contributed by atoms with Crippen molar-refractivity contribution in [2.45, 2.75) is 19.8 Å². The van der Waals surface area contributed by atoms with Gasteiger partial charge in [-0.05, 0) is 44.5 Å². The Morgan fingerprint density at radius 1 is 1.47 bits per heavy atom. The Balaban J connectivity index is 2.11. The molecule has 1 aromatic rings. The van der Waals surface area contributed by atoms with E-state index in [1.807, 2.05) is 13.0 Å². The number of piperidine rings is 1. The van der Waals surface area contributed by atoms with E-state index in [-0.39, 0.29) is 5.91 Å². The van der Waals surface area contributed by atoms with Gasteiger partial charge in [-0.2, -0.15) is 0 Å². The Morgan fingerprint density at radius 3 is 2.84 bits per heavy atom. The third-order valence-corrected chi connectivity index (χ3v) is 3.60. The van der Waals surface area contributed by atoms with E-state index < -0.39 is 5.41 Å². The third kappa shape index (κ3) is 3.30. The minimum atomic E-state index is -0.427. The van der Waals surface area contributed by atoms with Crippen LogP contribution in [0.25, 0.3) is 0 Å². The first-order chi connectivity index (χ1) is 9.16. The molecule has 0 atom stereocenters. The van der Waals surface area contributed by atoms with Gasteiger partial charge >= 0.3 is 0 Å². The predicted molar refractivity (Wildman–Crippen MR) is 74.0 cm³/mol. The molecule has 2 rings (SSSR count). The average Bonchev–Trinajstić information content (AvgIpc) is 2.40. The molecule has 2 N–H and O–H groups in total. The minimum Gasteiger partial charge on any atom is -0.384 e. The van der Waals surface area contributed by atoms with Gasteiger partial charge in [-0.3, -0.25) is 9.78 Å². The summed E-state index contributed by atoms with van der Waals surface area (Å²) in [4.78, 5) is 16.6. The molecule has 19 heavy (non-hydrogen) atoms. The van der Waals surface area contributed by atoms with Crippen LogP contribution in [0.2, 0.25) is 0 Å². The molecule has 5 nitrogen and oxygen atoms in total. The number of nitrogens with zero attached hydrogens (tertiary/aromatic N) is 1. The fourth-order valence-electron chi connectivity index (χ4n) is 2.51. The smallest absolute Gasteiger partial charge is 0.233 e. The highest BCUT2D eigenvalue weighted by molar-refractivity contribution is 5.95. The number of rotatable bonds is 4. The molecule has 1 amide bonds. The highest BCUT2D eigenvalue weighted by Crippen LogP contribution is 2.30. The summed E-state index contributed by atoms with van der Waals surface area (Å²) in [6.07, 6.45) is 5.04. The number of nitrogens with one attached hydrogen (secondary N) is 2. The van der Waals surface area contributed by atoms with Crippen LogP contribution in [-0.2, 0) is 9.53 Å². The van der Waals surface area contributed by atoms with E-state index in [9.17, 15) is 4.79 Å². The molecule has 1 aliphatic heterocycles. The first-order valence-corrected chi connectivity index (χ1v) is 6.59. The number of aromatic nitrogens is 1. The van der Waals surface area contributed by atoms with Gasteiger partial charge in [0.05, 0.1) is 23.9 Å². The first-order valence-electron chi connectivity index (χ1n) is 6.59. The number of hydrogen-bond donors (Lipinski definition) is 2. The molecule has 1 fully saturated rings. The summed E-state index contributed by atoms with van der Waals surface area (Å²) in [5.74, 6) is 0.0308. The highest BCUT2D eigenvalue weighted by Gasteiger charge is 2.39. The Labute approximate surface area is 113 Å². The maximum atomic E-state index is 12.5. The van der Waals surface area contributed by atoms with Crippen LogP contribution in [0.1, 0.15) is 18.4 Å². The van der Waals surface area contributed by atoms with Crippen LogP contribution >= 0.6 is 0 Å². The van der Waals surface area contributed by atoms with Crippen molar-refractivity contribution < 1.29 is 9.53 Å². The number of carbonyl (C=O) groups excluding carboxylic acids is 1. The Morgan fingerprint density at radius 2 is 2.21 bits per heavy atom. The van der Waals surface area contributed by atoms with Gasteiger partial charge in [0.25, 0.3) is 0 Å². The number of methoxy groups -OCH3 is 1. The van der Waals surface area contributed by atoms with Crippen molar-refractivity contribution in [1.29, 1.82) is 0 Å². The van der Waals surface area contributed by atoms with Crippen molar-refractivity contribution >= 4 is 11.6 Å². The largest absolute Gasteiger partial charge is 0.384 e. The van der Waals surface area contributed by atoms with E-state index in [1.54, 1.807) is 19.5 Å². The molecule has 1 saturated heterocycles. The van der Waals surface area contributed by atoms with Gasteiger partial charge in [0.2, 0.25) is 5.91 Å². The van der Waals surface area contributed by atoms with Gasteiger partial charge in [0.15, 0.2) is 0 Å². The number of pyridine rings is 1. The van der Waals surface area contributed by atoms with E-state index in [0.29, 0.717) is 6.61 Å². The summed E-state index contributed by atoms with van der Waals surface area (Å²) in [5.41, 5.74) is 1.35. The Kier molecular flexibility index (Phi) is 4.50. The molecule has 5 heteroatoms. The van der Waals surface area contributed by atoms with Gasteiger partial charge in [0, 0.05) is 13.3 Å². The fraction of sp³-hybridized carbons (Fsp3) is 0.571. The summed E-state index contributed by atoms with van der Waals surface area (Å²) in [5, 5.41) is 6.25. The zero-order valence-corrected chi connectivity index (χ0v) is 11.5. The van der Waals surface area contributed by atoms with Crippen molar-refractivity contribution in [2.24, 2.45) is 5.41 Å². The van der Waals surface area contributed by atoms with Crippen LogP contribution in [0.15, 0.2) is 18.5 Å². The molecule has 0 spiro atoms. The summed E-state index contributed by atoms with van der Waals surface area (Å²) in [7, 11) is 1.64. The zero-order valence-electron chi connectivity index (χ0n) is 11.5. The summed E-state index contributed by atoms with van der Waals surface area (Å²) >= 11 is 0. The lowest BCUT2D eigenvalue weighted by molar-refractivity contribution is -0.130. The number of aryl methyl sites for hydroxylation is 1. The van der Waals surface area contributed by atoms with Crippen LogP contribution in [0.3, 0.4) is 0 Å². The Hall–Kier alpha value is -1.46. The van der Waals surface area contributed by atoms with E-state index in [4.69, 9.17) is 4.74 Å². The van der Waals surface area contributed by atoms with Crippen molar-refractivity contribution in [3.05, 3.63) is 24.0 Å². The number of ether oxygens (including phenoxy) is 1. The summed E-state index contributed by atoms with van der Waals surface area (Å²) < 4.78 is 5.26. The lowest BCUT2D eigenvalue weighted by atomic mass is 9.78. The van der Waals surface area contributed by atoms with Crippen LogP contribution in [0.5, 0.6) is 0 Å². The maximum absolute atomic E-state index is 12.5. The molecule has 1 aromatic heterocycles. The van der Waals surface area contributed by atoms with Crippen LogP contribution in [0.4, 0.5) is 5.69 Å². The average molecular weight is 263 g/mol. The number of anilines is 1. The molecule has 0 aliphatic carbocycles. The normalized spacial score (nSPS) is 18.0. The molecule has 2 heterocycles. The van der Waals surface area contributed by atoms with Crippen LogP contribution in [-0.4, -0.2) is 37.7 Å². The first kappa shape index (κ1) is 14.0. The second kappa shape index (κ2) is 6.12. The van der Waals surface area contributed by atoms with Gasteiger partial charge < -0.3 is 15.4 Å². The lowest BCUT2D eigenvalue weighted by Crippen LogP contribution is -2.47. The standard InChI is InChI=1S/C14H21N3O2/c1-11-7-12(9-16-8-11)17-13(18)14(10-19-2)3-5-15-6-4-14/h7-9,15H,3-6,10H2,1-2H3,(H,17,18). The van der Waals surface area contributed by atoms with Crippen molar-refractivity contribution in [3.8, 4) is 0 Å². The number of amides is 1. The van der Waals surface area contributed by atoms with Crippen molar-refractivity contribution in [1.82, 2.24) is 10.3 Å². The van der Waals surface area contributed by atoms with Gasteiger partial charge in [0.1, 0.15) is 0 Å². The summed E-state index contributed by atoms with van der Waals surface area (Å²) in [6, 6.07) is 1.92. The zero-order chi connectivity index (χ0) is 13.7. The summed E-state index contributed by atoms with van der Waals surface area (Å²) in [6.45, 7) is 4.11. The maximum Gasteiger partial charge on any atom is 0.233 e. The van der Waals surface area contributed by atoms with Crippen molar-refractivity contribution in [2.75, 3.05) is 32.1 Å². The second-order valence-electron chi connectivity index (χ2n) is 5.17. The van der Waals surface area contributed by atoms with Crippen molar-refractivity contribution in [3.63, 3.8) is 0 Å². The van der Waals surface area contributed by atoms with E-state index >= 15 is 0 Å². The lowest BCUT2D eigenvalue weighted by Gasteiger charge is -2.35. The second-order valence-corrected chi connectivity index (χ2v) is 5.17. The molecule has 0 saturated carbocycles. The minimum absolute atomic E-state index is 0.0308. The van der Waals surface area contributed by atoms with Gasteiger partial charge in [-0.15, -0.1) is 0 Å². The molecular formula is C14H21N3O2. The molecular weight excluding hydrogens is 242 g/mol. The van der Waals surface area contributed by atoms with Gasteiger partial charge in [-0.1, -0.05) is 0 Å². The molecule has 0 unspecified atom stereocenters. The Bertz CT molecular complexity index is 437. The quantitative estimate of drug-likeness (QED) is 0.860. The van der Waals surface area contributed by atoms with E-state index in [0.717, 1.165) is 37.2 Å². The topological polar surface area (TPSA) is 63.2 Å². The SMILES string of the molecule is COCC1(C(=O)Nc2cncc(C)c2)CCNCC1. The number of hydrogen-bond acceptors (Lipinski definition) is 4. The van der Waals surface area contributed by atoms with E-state index in [2.05, 4.69) is 15.6 Å². The molecule has 0 radical (unpaired) electrons. The fourth-order valence-corrected chi connectivity index (χ4v) is 2.51. The third-order valence-electron chi connectivity index (χ3n) is 3.60. The highest BCUT2D eigenvalue weighted by atomic mass is 16.5. The number of carbonyl (C=O) groups is 1. The molecule has 0 bridgehead atoms. The molecule has 0 aromatic carbocycles. The van der Waals surface area contributed by atoms with E-state index in [1.165, 1.54) is 0 Å². The predicted octanol–water partition coefficient (Wildman–Crippen LogP) is 1.34.